The third-order valence-electron chi connectivity index (χ3n) is 4.45. The smallest absolute Gasteiger partial charge is 0.323 e. The van der Waals surface area contributed by atoms with Gasteiger partial charge in [0.2, 0.25) is 6.79 Å². The van der Waals surface area contributed by atoms with E-state index >= 15 is 0 Å². The van der Waals surface area contributed by atoms with Crippen LogP contribution in [0.15, 0.2) is 42.0 Å². The summed E-state index contributed by atoms with van der Waals surface area (Å²) < 4.78 is 10.7. The molecule has 0 bridgehead atoms. The number of carboxylic acids is 1. The van der Waals surface area contributed by atoms with Gasteiger partial charge in [0.15, 0.2) is 17.3 Å². The fourth-order valence-electron chi connectivity index (χ4n) is 3.26. The first-order chi connectivity index (χ1) is 12.5. The number of fused-ring (bicyclic) bond motifs is 2. The van der Waals surface area contributed by atoms with Crippen LogP contribution in [0.4, 0.5) is 5.69 Å². The van der Waals surface area contributed by atoms with Gasteiger partial charge in [-0.05, 0) is 42.8 Å². The number of hydrogen-bond donors (Lipinski definition) is 1. The zero-order valence-electron chi connectivity index (χ0n) is 14.2. The zero-order chi connectivity index (χ0) is 18.3. The van der Waals surface area contributed by atoms with E-state index in [1.165, 1.54) is 0 Å². The van der Waals surface area contributed by atoms with Crippen LogP contribution in [-0.2, 0) is 4.79 Å². The number of benzene rings is 2. The molecule has 0 aromatic heterocycles. The molecule has 0 unspecified atom stereocenters. The Morgan fingerprint density at radius 1 is 1.19 bits per heavy atom. The van der Waals surface area contributed by atoms with Gasteiger partial charge in [0.05, 0.1) is 0 Å². The molecule has 2 aromatic rings. The van der Waals surface area contributed by atoms with E-state index in [1.54, 1.807) is 23.1 Å². The summed E-state index contributed by atoms with van der Waals surface area (Å²) in [6, 6.07) is 11.0. The van der Waals surface area contributed by atoms with Crippen molar-refractivity contribution < 1.29 is 24.2 Å². The molecular formula is C20H17NO5. The maximum Gasteiger partial charge on any atom is 0.323 e. The average molecular weight is 351 g/mol. The molecule has 6 heteroatoms. The highest BCUT2D eigenvalue weighted by Gasteiger charge is 2.28. The van der Waals surface area contributed by atoms with Crippen molar-refractivity contribution in [3.05, 3.63) is 58.7 Å². The molecule has 6 nitrogen and oxygen atoms in total. The van der Waals surface area contributed by atoms with Gasteiger partial charge in [0.1, 0.15) is 6.54 Å². The molecule has 0 fully saturated rings. The van der Waals surface area contributed by atoms with E-state index in [9.17, 15) is 14.7 Å². The van der Waals surface area contributed by atoms with Crippen LogP contribution in [0.5, 0.6) is 11.5 Å². The van der Waals surface area contributed by atoms with Crippen molar-refractivity contribution in [2.24, 2.45) is 0 Å². The van der Waals surface area contributed by atoms with E-state index in [2.05, 4.69) is 0 Å². The Balaban J connectivity index is 1.74. The molecule has 0 saturated heterocycles. The lowest BCUT2D eigenvalue weighted by Gasteiger charge is -2.31. The summed E-state index contributed by atoms with van der Waals surface area (Å²) in [6.45, 7) is 2.18. The highest BCUT2D eigenvalue weighted by molar-refractivity contribution is 6.17. The van der Waals surface area contributed by atoms with E-state index in [4.69, 9.17) is 9.47 Å². The molecule has 4 rings (SSSR count). The highest BCUT2D eigenvalue weighted by Crippen LogP contribution is 2.35. The summed E-state index contributed by atoms with van der Waals surface area (Å²) in [5, 5.41) is 9.22. The summed E-state index contributed by atoms with van der Waals surface area (Å²) >= 11 is 0. The maximum absolute atomic E-state index is 12.9. The lowest BCUT2D eigenvalue weighted by molar-refractivity contribution is -0.135. The molecule has 0 saturated carbocycles. The second kappa shape index (κ2) is 6.22. The molecule has 0 amide bonds. The Kier molecular flexibility index (Phi) is 3.88. The van der Waals surface area contributed by atoms with E-state index in [0.29, 0.717) is 28.3 Å². The standard InChI is InChI=1S/C20H17NO5/c1-12-2-4-16-15(6-12)20(24)14(9-21(16)10-19(22)23)7-13-3-5-17-18(8-13)26-11-25-17/h2-8H,9-11H2,1H3,(H,22,23)/b14-7+. The van der Waals surface area contributed by atoms with Gasteiger partial charge in [-0.1, -0.05) is 17.7 Å². The number of carbonyl (C=O) groups is 2. The number of aliphatic carboxylic acids is 1. The molecule has 0 atom stereocenters. The number of carbonyl (C=O) groups excluding carboxylic acids is 1. The first-order valence-corrected chi connectivity index (χ1v) is 8.23. The topological polar surface area (TPSA) is 76.1 Å². The van der Waals surface area contributed by atoms with Crippen LogP contribution in [0.2, 0.25) is 0 Å². The Bertz CT molecular complexity index is 947. The fraction of sp³-hybridized carbons (Fsp3) is 0.200. The number of Topliss-reactive ketones (excluding diaryl/α,β-unsaturated/α-hetero) is 1. The van der Waals surface area contributed by atoms with Crippen LogP contribution < -0.4 is 14.4 Å². The Hall–Kier alpha value is -3.28. The van der Waals surface area contributed by atoms with Crippen molar-refractivity contribution in [3.63, 3.8) is 0 Å². The SMILES string of the molecule is Cc1ccc2c(c1)C(=O)/C(=C/c1ccc3c(c1)OCO3)CN2CC(=O)O. The van der Waals surface area contributed by atoms with Crippen LogP contribution in [0.3, 0.4) is 0 Å². The highest BCUT2D eigenvalue weighted by atomic mass is 16.7. The van der Waals surface area contributed by atoms with Gasteiger partial charge in [-0.25, -0.2) is 0 Å². The van der Waals surface area contributed by atoms with Gasteiger partial charge in [-0.3, -0.25) is 9.59 Å². The van der Waals surface area contributed by atoms with Gasteiger partial charge in [-0.15, -0.1) is 0 Å². The largest absolute Gasteiger partial charge is 0.480 e. The molecular weight excluding hydrogens is 334 g/mol. The zero-order valence-corrected chi connectivity index (χ0v) is 14.2. The quantitative estimate of drug-likeness (QED) is 0.857. The molecule has 2 aromatic carbocycles. The average Bonchev–Trinajstić information content (AvgIpc) is 3.06. The summed E-state index contributed by atoms with van der Waals surface area (Å²) in [5.41, 5.74) is 3.50. The Labute approximate surface area is 150 Å². The van der Waals surface area contributed by atoms with Gasteiger partial charge < -0.3 is 19.5 Å². The van der Waals surface area contributed by atoms with Gasteiger partial charge >= 0.3 is 5.97 Å². The first-order valence-electron chi connectivity index (χ1n) is 8.23. The van der Waals surface area contributed by atoms with Gasteiger partial charge in [0, 0.05) is 23.4 Å². The normalized spacial score (nSPS) is 16.7. The molecule has 2 aliphatic heterocycles. The predicted molar refractivity (Wildman–Crippen MR) is 95.9 cm³/mol. The van der Waals surface area contributed by atoms with Gasteiger partial charge in [-0.2, -0.15) is 0 Å². The summed E-state index contributed by atoms with van der Waals surface area (Å²) in [5.74, 6) is 0.299. The minimum absolute atomic E-state index is 0.0806. The van der Waals surface area contributed by atoms with Crippen LogP contribution in [-0.4, -0.2) is 36.7 Å². The molecule has 1 N–H and O–H groups in total. The van der Waals surface area contributed by atoms with Crippen molar-refractivity contribution in [3.8, 4) is 11.5 Å². The molecule has 2 aliphatic rings. The van der Waals surface area contributed by atoms with Crippen molar-refractivity contribution in [1.82, 2.24) is 0 Å². The third kappa shape index (κ3) is 2.90. The van der Waals surface area contributed by atoms with Crippen molar-refractivity contribution in [1.29, 1.82) is 0 Å². The third-order valence-corrected chi connectivity index (χ3v) is 4.45. The molecule has 0 spiro atoms. The maximum atomic E-state index is 12.9. The van der Waals surface area contributed by atoms with Crippen molar-refractivity contribution in [2.75, 3.05) is 24.8 Å². The second-order valence-electron chi connectivity index (χ2n) is 6.38. The molecule has 26 heavy (non-hydrogen) atoms. The molecule has 132 valence electrons. The minimum Gasteiger partial charge on any atom is -0.480 e. The number of hydrogen-bond acceptors (Lipinski definition) is 5. The van der Waals surface area contributed by atoms with Crippen molar-refractivity contribution in [2.45, 2.75) is 6.92 Å². The summed E-state index contributed by atoms with van der Waals surface area (Å²) in [4.78, 5) is 25.9. The number of rotatable bonds is 3. The van der Waals surface area contributed by atoms with Crippen LogP contribution >= 0.6 is 0 Å². The Morgan fingerprint density at radius 2 is 2.00 bits per heavy atom. The number of nitrogens with zero attached hydrogens (tertiary/aromatic N) is 1. The van der Waals surface area contributed by atoms with Crippen LogP contribution in [0.1, 0.15) is 21.5 Å². The van der Waals surface area contributed by atoms with Crippen LogP contribution in [0.25, 0.3) is 6.08 Å². The summed E-state index contributed by atoms with van der Waals surface area (Å²) in [7, 11) is 0. The monoisotopic (exact) mass is 351 g/mol. The number of carboxylic acid groups (broad SMARTS) is 1. The lowest BCUT2D eigenvalue weighted by atomic mass is 9.93. The van der Waals surface area contributed by atoms with E-state index in [1.807, 2.05) is 31.2 Å². The predicted octanol–water partition coefficient (Wildman–Crippen LogP) is 2.89. The number of aryl methyl sites for hydroxylation is 1. The van der Waals surface area contributed by atoms with E-state index in [-0.39, 0.29) is 25.7 Å². The number of ether oxygens (including phenoxy) is 2. The number of ketones is 1. The van der Waals surface area contributed by atoms with Crippen molar-refractivity contribution >= 4 is 23.5 Å². The molecule has 0 aliphatic carbocycles. The lowest BCUT2D eigenvalue weighted by Crippen LogP contribution is -2.37. The van der Waals surface area contributed by atoms with E-state index in [0.717, 1.165) is 11.1 Å². The van der Waals surface area contributed by atoms with Gasteiger partial charge in [0.25, 0.3) is 0 Å². The van der Waals surface area contributed by atoms with E-state index < -0.39 is 5.97 Å². The fourth-order valence-corrected chi connectivity index (χ4v) is 3.26. The van der Waals surface area contributed by atoms with Crippen LogP contribution in [0, 0.1) is 6.92 Å². The minimum atomic E-state index is -0.937. The first kappa shape index (κ1) is 16.2. The summed E-state index contributed by atoms with van der Waals surface area (Å²) in [6.07, 6.45) is 1.78. The molecule has 0 radical (unpaired) electrons. The second-order valence-corrected chi connectivity index (χ2v) is 6.38. The Morgan fingerprint density at radius 3 is 2.81 bits per heavy atom. The number of anilines is 1. The molecule has 2 heterocycles.